The van der Waals surface area contributed by atoms with Gasteiger partial charge in [-0.1, -0.05) is 108 Å². The summed E-state index contributed by atoms with van der Waals surface area (Å²) in [7, 11) is 6.84. The zero-order valence-electron chi connectivity index (χ0n) is 41.8. The lowest BCUT2D eigenvalue weighted by Crippen LogP contribution is -1.93. The summed E-state index contributed by atoms with van der Waals surface area (Å²) < 4.78 is 26.3. The van der Waals surface area contributed by atoms with Gasteiger partial charge >= 0.3 is 0 Å². The summed E-state index contributed by atoms with van der Waals surface area (Å²) in [6, 6.07) is 56.6. The topological polar surface area (TPSA) is 105 Å². The maximum atomic E-state index is 6.12. The number of aryl methyl sites for hydroxylation is 3. The molecular formula is C64H53N5O4. The predicted octanol–water partition coefficient (Wildman–Crippen LogP) is 16.4. The Hall–Kier alpha value is -9.08. The molecule has 73 heavy (non-hydrogen) atoms. The van der Waals surface area contributed by atoms with E-state index < -0.39 is 0 Å². The van der Waals surface area contributed by atoms with Crippen LogP contribution in [0.3, 0.4) is 0 Å². The number of aromatic amines is 4. The monoisotopic (exact) mass is 955 g/mol. The fourth-order valence-corrected chi connectivity index (χ4v) is 11.5. The number of benzene rings is 8. The third-order valence-electron chi connectivity index (χ3n) is 14.9. The molecule has 0 unspecified atom stereocenters. The summed E-state index contributed by atoms with van der Waals surface area (Å²) in [5, 5.41) is 6.57. The summed E-state index contributed by atoms with van der Waals surface area (Å²) in [4.78, 5) is 15.6. The average molecular weight is 956 g/mol. The molecule has 9 heteroatoms. The highest BCUT2D eigenvalue weighted by Gasteiger charge is 2.28. The molecule has 0 bridgehead atoms. The lowest BCUT2D eigenvalue weighted by atomic mass is 9.93. The minimum atomic E-state index is 0.720. The second kappa shape index (κ2) is 17.1. The van der Waals surface area contributed by atoms with Crippen LogP contribution in [0.15, 0.2) is 158 Å². The number of hydrogen-bond acceptors (Lipinski definition) is 4. The van der Waals surface area contributed by atoms with Crippen molar-refractivity contribution in [2.75, 3.05) is 28.4 Å². The molecule has 0 atom stereocenters. The molecule has 0 amide bonds. The van der Waals surface area contributed by atoms with Gasteiger partial charge in [0.2, 0.25) is 0 Å². The highest BCUT2D eigenvalue weighted by Crippen LogP contribution is 2.51. The molecule has 0 radical (unpaired) electrons. The number of hydrogen-bond donors (Lipinski definition) is 4. The summed E-state index contributed by atoms with van der Waals surface area (Å²) in [6.07, 6.45) is 0. The number of nitrogens with zero attached hydrogens (tertiary/aromatic N) is 1. The van der Waals surface area contributed by atoms with E-state index in [1.54, 1.807) is 28.4 Å². The largest absolute Gasteiger partial charge is 0.497 e. The van der Waals surface area contributed by atoms with Crippen molar-refractivity contribution in [2.45, 2.75) is 27.3 Å². The Morgan fingerprint density at radius 2 is 0.767 bits per heavy atom. The summed E-state index contributed by atoms with van der Waals surface area (Å²) in [5.74, 6) is 2.93. The number of fused-ring (bicyclic) bond motifs is 7. The Morgan fingerprint density at radius 1 is 0.370 bits per heavy atom. The van der Waals surface area contributed by atoms with Crippen molar-refractivity contribution in [3.05, 3.63) is 169 Å². The van der Waals surface area contributed by atoms with Crippen LogP contribution in [0.25, 0.3) is 133 Å². The van der Waals surface area contributed by atoms with E-state index in [-0.39, 0.29) is 0 Å². The van der Waals surface area contributed by atoms with E-state index >= 15 is 0 Å². The predicted molar refractivity (Wildman–Crippen MR) is 301 cm³/mol. The molecule has 13 rings (SSSR count). The van der Waals surface area contributed by atoms with Crippen molar-refractivity contribution < 1.29 is 18.9 Å². The second-order valence-corrected chi connectivity index (χ2v) is 19.0. The maximum Gasteiger partial charge on any atom is 0.132 e. The van der Waals surface area contributed by atoms with Crippen molar-refractivity contribution in [3.63, 3.8) is 0 Å². The Morgan fingerprint density at radius 3 is 1.16 bits per heavy atom. The lowest BCUT2D eigenvalue weighted by Gasteiger charge is -2.11. The van der Waals surface area contributed by atoms with Gasteiger partial charge in [-0.25, -0.2) is 0 Å². The molecule has 13 aromatic rings. The zero-order chi connectivity index (χ0) is 49.6. The number of aromatic nitrogens is 5. The van der Waals surface area contributed by atoms with Gasteiger partial charge in [-0.15, -0.1) is 0 Å². The molecule has 0 saturated heterocycles. The minimum absolute atomic E-state index is 0.720. The first-order valence-electron chi connectivity index (χ1n) is 24.8. The molecule has 9 nitrogen and oxygen atoms in total. The minimum Gasteiger partial charge on any atom is -0.497 e. The van der Waals surface area contributed by atoms with Crippen LogP contribution in [0.2, 0.25) is 0 Å². The van der Waals surface area contributed by atoms with Gasteiger partial charge in [0.15, 0.2) is 0 Å². The zero-order valence-corrected chi connectivity index (χ0v) is 41.8. The normalized spacial score (nSPS) is 11.8. The molecule has 5 aromatic heterocycles. The highest BCUT2D eigenvalue weighted by molar-refractivity contribution is 6.18. The van der Waals surface area contributed by atoms with Crippen LogP contribution in [0.1, 0.15) is 18.1 Å². The van der Waals surface area contributed by atoms with E-state index in [0.29, 0.717) is 0 Å². The van der Waals surface area contributed by atoms with Gasteiger partial charge in [0.1, 0.15) is 23.0 Å². The molecule has 0 aliphatic carbocycles. The number of rotatable bonds is 11. The maximum absolute atomic E-state index is 6.12. The first-order chi connectivity index (χ1) is 35.8. The fourth-order valence-electron chi connectivity index (χ4n) is 11.5. The van der Waals surface area contributed by atoms with Crippen molar-refractivity contribution in [3.8, 4) is 90.3 Å². The van der Waals surface area contributed by atoms with E-state index in [1.165, 1.54) is 32.9 Å². The van der Waals surface area contributed by atoms with Gasteiger partial charge in [0.25, 0.3) is 0 Å². The average Bonchev–Trinajstić information content (AvgIpc) is 4.26. The molecule has 0 aliphatic heterocycles. The molecule has 4 N–H and O–H groups in total. The first kappa shape index (κ1) is 43.9. The lowest BCUT2D eigenvalue weighted by molar-refractivity contribution is 0.398. The van der Waals surface area contributed by atoms with Crippen LogP contribution < -0.4 is 18.9 Å². The van der Waals surface area contributed by atoms with Crippen LogP contribution in [0, 0.1) is 13.8 Å². The second-order valence-electron chi connectivity index (χ2n) is 19.0. The van der Waals surface area contributed by atoms with Crippen LogP contribution in [0.5, 0.6) is 23.0 Å². The molecule has 0 saturated carbocycles. The summed E-state index contributed by atoms with van der Waals surface area (Å²) >= 11 is 0. The molecule has 5 heterocycles. The van der Waals surface area contributed by atoms with Gasteiger partial charge in [-0.2, -0.15) is 0 Å². The SMILES string of the molecule is CCn1c2ccc(-c3[nH]c4ccccc4c3-c3[nH]c4cc(OC)cc(OC)c4c3-c3ccc(C)cc3)cc2c2cc(-c3[nH]c4ccccc4c3-c3[nH]c4cc(OC)cc(OC)c4c3-c3ccc(C)cc3)ccc21. The number of methoxy groups -OCH3 is 4. The van der Waals surface area contributed by atoms with Crippen LogP contribution in [-0.4, -0.2) is 52.9 Å². The Kier molecular flexibility index (Phi) is 10.3. The third kappa shape index (κ3) is 6.83. The van der Waals surface area contributed by atoms with Gasteiger partial charge < -0.3 is 43.5 Å². The Labute approximate surface area is 421 Å². The van der Waals surface area contributed by atoms with Gasteiger partial charge in [0, 0.05) is 96.7 Å². The summed E-state index contributed by atoms with van der Waals surface area (Å²) in [6.45, 7) is 7.29. The Bertz CT molecular complexity index is 4040. The third-order valence-corrected chi connectivity index (χ3v) is 14.9. The first-order valence-corrected chi connectivity index (χ1v) is 24.8. The number of ether oxygens (including phenoxy) is 4. The summed E-state index contributed by atoms with van der Waals surface area (Å²) in [5.41, 5.74) is 21.4. The van der Waals surface area contributed by atoms with Crippen molar-refractivity contribution in [2.24, 2.45) is 0 Å². The van der Waals surface area contributed by atoms with E-state index in [9.17, 15) is 0 Å². The van der Waals surface area contributed by atoms with E-state index in [0.717, 1.165) is 140 Å². The van der Waals surface area contributed by atoms with Crippen molar-refractivity contribution >= 4 is 65.4 Å². The number of H-pyrrole nitrogens is 4. The van der Waals surface area contributed by atoms with Crippen molar-refractivity contribution in [1.82, 2.24) is 24.5 Å². The van der Waals surface area contributed by atoms with E-state index in [2.05, 4.69) is 191 Å². The smallest absolute Gasteiger partial charge is 0.132 e. The highest BCUT2D eigenvalue weighted by atomic mass is 16.5. The number of para-hydroxylation sites is 2. The fraction of sp³-hybridized carbons (Fsp3) is 0.125. The molecule has 0 spiro atoms. The van der Waals surface area contributed by atoms with Gasteiger partial charge in [-0.05, 0) is 79.4 Å². The van der Waals surface area contributed by atoms with Crippen molar-refractivity contribution in [1.29, 1.82) is 0 Å². The molecule has 0 fully saturated rings. The molecular weight excluding hydrogens is 903 g/mol. The van der Waals surface area contributed by atoms with E-state index in [1.807, 2.05) is 12.1 Å². The standard InChI is InChI=1S/C64H53N5O4/c1-8-69-51-27-25-39(61-57(43-13-9-11-15-47(43)65-61)63-55(37-21-17-35(2)18-22-37)59-49(67-63)31-41(70-4)33-53(59)72-6)29-45(51)46-30-40(26-28-52(46)69)62-58(44-14-10-12-16-48(44)66-62)64-56(38-23-19-36(3)20-24-38)60-50(68-64)32-42(71-5)34-54(60)73-7/h9-34,65-68H,8H2,1-7H3. The van der Waals surface area contributed by atoms with Crippen LogP contribution in [-0.2, 0) is 6.54 Å². The molecule has 8 aromatic carbocycles. The van der Waals surface area contributed by atoms with Crippen LogP contribution in [0.4, 0.5) is 0 Å². The molecule has 358 valence electrons. The van der Waals surface area contributed by atoms with E-state index in [4.69, 9.17) is 18.9 Å². The van der Waals surface area contributed by atoms with Crippen LogP contribution >= 0.6 is 0 Å². The quantitative estimate of drug-likeness (QED) is 0.104. The Balaban J connectivity index is 1.05. The van der Waals surface area contributed by atoms with Gasteiger partial charge in [-0.3, -0.25) is 0 Å². The van der Waals surface area contributed by atoms with Gasteiger partial charge in [0.05, 0.1) is 73.0 Å². The molecule has 0 aliphatic rings. The number of nitrogens with one attached hydrogen (secondary N) is 4.